The molecule has 2 aromatic carbocycles. The second-order valence-electron chi connectivity index (χ2n) is 4.44. The summed E-state index contributed by atoms with van der Waals surface area (Å²) in [5, 5.41) is 0. The molecular weight excluding hydrogens is 344 g/mol. The summed E-state index contributed by atoms with van der Waals surface area (Å²) in [6, 6.07) is 6.66. The molecule has 2 N–H and O–H groups in total. The molecule has 0 unspecified atom stereocenters. The molecule has 110 valence electrons. The molecule has 2 aromatic rings. The highest BCUT2D eigenvalue weighted by atomic mass is 79.9. The van der Waals surface area contributed by atoms with Gasteiger partial charge in [-0.2, -0.15) is 0 Å². The first-order chi connectivity index (χ1) is 9.90. The van der Waals surface area contributed by atoms with E-state index in [0.29, 0.717) is 15.7 Å². The fraction of sp³-hybridized carbons (Fsp3) is 0.133. The van der Waals surface area contributed by atoms with Crippen LogP contribution in [0.3, 0.4) is 0 Å². The molecule has 0 atom stereocenters. The summed E-state index contributed by atoms with van der Waals surface area (Å²) in [6.45, 7) is 1.19. The lowest BCUT2D eigenvalue weighted by Gasteiger charge is -2.10. The van der Waals surface area contributed by atoms with Crippen molar-refractivity contribution in [1.82, 2.24) is 0 Å². The van der Waals surface area contributed by atoms with Crippen LogP contribution in [0.5, 0.6) is 0 Å². The van der Waals surface area contributed by atoms with Gasteiger partial charge in [0.15, 0.2) is 0 Å². The predicted octanol–water partition coefficient (Wildman–Crippen LogP) is 3.97. The molecule has 0 fully saturated rings. The first kappa shape index (κ1) is 15.4. The van der Waals surface area contributed by atoms with Gasteiger partial charge in [0.05, 0.1) is 11.1 Å². The van der Waals surface area contributed by atoms with Gasteiger partial charge in [-0.25, -0.2) is 13.6 Å². The van der Waals surface area contributed by atoms with Crippen LogP contribution in [0.25, 0.3) is 0 Å². The van der Waals surface area contributed by atoms with Crippen LogP contribution in [0, 0.1) is 18.6 Å². The molecule has 2 rings (SSSR count). The zero-order valence-corrected chi connectivity index (χ0v) is 12.7. The van der Waals surface area contributed by atoms with Gasteiger partial charge >= 0.3 is 5.97 Å². The lowest BCUT2D eigenvalue weighted by Crippen LogP contribution is -2.10. The quantitative estimate of drug-likeness (QED) is 0.669. The summed E-state index contributed by atoms with van der Waals surface area (Å²) in [7, 11) is 0. The zero-order valence-electron chi connectivity index (χ0n) is 11.1. The van der Waals surface area contributed by atoms with Gasteiger partial charge in [-0.3, -0.25) is 0 Å². The van der Waals surface area contributed by atoms with E-state index in [1.165, 1.54) is 6.07 Å². The fourth-order valence-electron chi connectivity index (χ4n) is 1.80. The summed E-state index contributed by atoms with van der Waals surface area (Å²) in [5.74, 6) is -2.20. The monoisotopic (exact) mass is 355 g/mol. The van der Waals surface area contributed by atoms with Crippen LogP contribution in [0.15, 0.2) is 34.8 Å². The number of hydrogen-bond acceptors (Lipinski definition) is 3. The molecular formula is C15H12BrF2NO2. The topological polar surface area (TPSA) is 52.3 Å². The highest BCUT2D eigenvalue weighted by molar-refractivity contribution is 9.10. The molecule has 0 aromatic heterocycles. The van der Waals surface area contributed by atoms with Crippen LogP contribution in [-0.2, 0) is 11.3 Å². The van der Waals surface area contributed by atoms with E-state index in [2.05, 4.69) is 15.9 Å². The second-order valence-corrected chi connectivity index (χ2v) is 5.36. The van der Waals surface area contributed by atoms with E-state index in [0.717, 1.165) is 12.1 Å². The molecule has 0 amide bonds. The largest absolute Gasteiger partial charge is 0.457 e. The van der Waals surface area contributed by atoms with Crippen LogP contribution in [0.2, 0.25) is 0 Å². The third kappa shape index (κ3) is 3.39. The Balaban J connectivity index is 2.20. The number of hydrogen-bond donors (Lipinski definition) is 1. The summed E-state index contributed by atoms with van der Waals surface area (Å²) in [5.41, 5.74) is 6.70. The van der Waals surface area contributed by atoms with E-state index in [1.807, 2.05) is 0 Å². The number of nitrogens with two attached hydrogens (primary N) is 1. The maximum Gasteiger partial charge on any atom is 0.338 e. The average molecular weight is 356 g/mol. The lowest BCUT2D eigenvalue weighted by atomic mass is 10.1. The average Bonchev–Trinajstić information content (AvgIpc) is 2.42. The number of rotatable bonds is 3. The van der Waals surface area contributed by atoms with Crippen molar-refractivity contribution >= 4 is 27.6 Å². The Labute approximate surface area is 128 Å². The molecule has 0 radical (unpaired) electrons. The lowest BCUT2D eigenvalue weighted by molar-refractivity contribution is 0.0464. The highest BCUT2D eigenvalue weighted by Crippen LogP contribution is 2.24. The number of ether oxygens (including phenoxy) is 1. The van der Waals surface area contributed by atoms with Crippen LogP contribution < -0.4 is 5.73 Å². The van der Waals surface area contributed by atoms with E-state index in [1.54, 1.807) is 19.1 Å². The number of esters is 1. The summed E-state index contributed by atoms with van der Waals surface area (Å²) >= 11 is 3.23. The Hall–Kier alpha value is -1.95. The molecule has 0 saturated heterocycles. The van der Waals surface area contributed by atoms with Crippen LogP contribution >= 0.6 is 15.9 Å². The van der Waals surface area contributed by atoms with Gasteiger partial charge in [-0.05, 0) is 36.8 Å². The van der Waals surface area contributed by atoms with Crippen molar-refractivity contribution in [3.63, 3.8) is 0 Å². The third-order valence-corrected chi connectivity index (χ3v) is 3.50. The van der Waals surface area contributed by atoms with Crippen molar-refractivity contribution in [2.75, 3.05) is 5.73 Å². The Morgan fingerprint density at radius 3 is 2.52 bits per heavy atom. The van der Waals surface area contributed by atoms with Crippen LogP contribution in [0.1, 0.15) is 21.5 Å². The fourth-order valence-corrected chi connectivity index (χ4v) is 2.27. The summed E-state index contributed by atoms with van der Waals surface area (Å²) < 4.78 is 32.5. The maximum absolute atomic E-state index is 13.5. The Kier molecular flexibility index (Phi) is 4.57. The molecule has 6 heteroatoms. The van der Waals surface area contributed by atoms with E-state index >= 15 is 0 Å². The minimum absolute atomic E-state index is 0.249. The normalized spacial score (nSPS) is 10.5. The number of anilines is 1. The van der Waals surface area contributed by atoms with Crippen LogP contribution in [0.4, 0.5) is 14.5 Å². The van der Waals surface area contributed by atoms with Gasteiger partial charge < -0.3 is 10.5 Å². The highest BCUT2D eigenvalue weighted by Gasteiger charge is 2.16. The van der Waals surface area contributed by atoms with Crippen molar-refractivity contribution < 1.29 is 18.3 Å². The van der Waals surface area contributed by atoms with Crippen molar-refractivity contribution in [3.05, 3.63) is 63.1 Å². The third-order valence-electron chi connectivity index (χ3n) is 3.04. The summed E-state index contributed by atoms with van der Waals surface area (Å²) in [6.07, 6.45) is 0. The van der Waals surface area contributed by atoms with Gasteiger partial charge in [-0.1, -0.05) is 22.0 Å². The molecule has 0 aliphatic heterocycles. The van der Waals surface area contributed by atoms with E-state index in [4.69, 9.17) is 10.5 Å². The molecule has 21 heavy (non-hydrogen) atoms. The van der Waals surface area contributed by atoms with Gasteiger partial charge in [-0.15, -0.1) is 0 Å². The maximum atomic E-state index is 13.5. The van der Waals surface area contributed by atoms with E-state index in [9.17, 15) is 13.6 Å². The number of nitrogen functional groups attached to an aromatic ring is 1. The molecule has 0 aliphatic rings. The Bertz CT molecular complexity index is 684. The molecule has 0 bridgehead atoms. The molecule has 0 saturated carbocycles. The Morgan fingerprint density at radius 1 is 1.29 bits per heavy atom. The number of halogens is 3. The molecule has 3 nitrogen and oxygen atoms in total. The predicted molar refractivity (Wildman–Crippen MR) is 78.8 cm³/mol. The number of benzene rings is 2. The van der Waals surface area contributed by atoms with Crippen molar-refractivity contribution in [3.8, 4) is 0 Å². The first-order valence-corrected chi connectivity index (χ1v) is 6.85. The first-order valence-electron chi connectivity index (χ1n) is 6.05. The van der Waals surface area contributed by atoms with Gasteiger partial charge in [0.2, 0.25) is 0 Å². The minimum Gasteiger partial charge on any atom is -0.457 e. The van der Waals surface area contributed by atoms with Gasteiger partial charge in [0.1, 0.15) is 18.2 Å². The molecule has 0 spiro atoms. The standard InChI is InChI=1S/C15H12BrF2NO2/c1-8-10(5-9(16)6-14(8)19)15(20)21-7-11-12(17)3-2-4-13(11)18/h2-6H,7,19H2,1H3. The van der Waals surface area contributed by atoms with Crippen molar-refractivity contribution in [1.29, 1.82) is 0 Å². The van der Waals surface area contributed by atoms with Crippen molar-refractivity contribution in [2.45, 2.75) is 13.5 Å². The second kappa shape index (κ2) is 6.22. The molecule has 0 aliphatic carbocycles. The number of carbonyl (C=O) groups excluding carboxylic acids is 1. The zero-order chi connectivity index (χ0) is 15.6. The van der Waals surface area contributed by atoms with Crippen LogP contribution in [-0.4, -0.2) is 5.97 Å². The smallest absolute Gasteiger partial charge is 0.338 e. The van der Waals surface area contributed by atoms with Gasteiger partial charge in [0.25, 0.3) is 0 Å². The van der Waals surface area contributed by atoms with Gasteiger partial charge in [0, 0.05) is 10.2 Å². The number of carbonyl (C=O) groups is 1. The Morgan fingerprint density at radius 2 is 1.90 bits per heavy atom. The minimum atomic E-state index is -0.756. The van der Waals surface area contributed by atoms with E-state index < -0.39 is 24.2 Å². The van der Waals surface area contributed by atoms with E-state index in [-0.39, 0.29) is 11.1 Å². The summed E-state index contributed by atoms with van der Waals surface area (Å²) in [4.78, 5) is 12.0. The molecule has 0 heterocycles. The van der Waals surface area contributed by atoms with Crippen molar-refractivity contribution in [2.24, 2.45) is 0 Å². The SMILES string of the molecule is Cc1c(N)cc(Br)cc1C(=O)OCc1c(F)cccc1F.